The van der Waals surface area contributed by atoms with Crippen molar-refractivity contribution in [2.24, 2.45) is 0 Å². The van der Waals surface area contributed by atoms with Crippen molar-refractivity contribution in [1.82, 2.24) is 10.2 Å². The van der Waals surface area contributed by atoms with Crippen LogP contribution in [-0.2, 0) is 4.79 Å². The summed E-state index contributed by atoms with van der Waals surface area (Å²) in [7, 11) is 0. The first-order valence-electron chi connectivity index (χ1n) is 8.45. The van der Waals surface area contributed by atoms with Gasteiger partial charge in [0.1, 0.15) is 12.0 Å². The molecule has 0 aromatic heterocycles. The second-order valence-corrected chi connectivity index (χ2v) is 6.30. The zero-order valence-corrected chi connectivity index (χ0v) is 14.2. The van der Waals surface area contributed by atoms with Crippen LogP contribution in [0.3, 0.4) is 0 Å². The van der Waals surface area contributed by atoms with E-state index in [2.05, 4.69) is 5.32 Å². The zero-order valence-electron chi connectivity index (χ0n) is 14.2. The molecule has 0 aliphatic carbocycles. The molecule has 1 aliphatic heterocycles. The van der Waals surface area contributed by atoms with Gasteiger partial charge in [-0.2, -0.15) is 0 Å². The van der Waals surface area contributed by atoms with Crippen molar-refractivity contribution < 1.29 is 14.6 Å². The number of ether oxygens (including phenoxy) is 1. The first kappa shape index (κ1) is 17.4. The number of aliphatic hydroxyl groups excluding tert-OH is 1. The van der Waals surface area contributed by atoms with Crippen LogP contribution in [0.1, 0.15) is 18.9 Å². The number of likely N-dealkylation sites (tertiary alicyclic amines) is 1. The summed E-state index contributed by atoms with van der Waals surface area (Å²) in [5, 5.41) is 21.7. The lowest BCUT2D eigenvalue weighted by Gasteiger charge is -2.19. The molecule has 2 atom stereocenters. The van der Waals surface area contributed by atoms with Crippen molar-refractivity contribution in [3.63, 3.8) is 0 Å². The number of carbonyl (C=O) groups excluding carboxylic acids is 1. The van der Waals surface area contributed by atoms with Gasteiger partial charge in [-0.25, -0.2) is 0 Å². The first-order chi connectivity index (χ1) is 12.1. The smallest absolute Gasteiger partial charge is 0.260 e. The maximum Gasteiger partial charge on any atom is 0.260 e. The highest BCUT2D eigenvalue weighted by molar-refractivity contribution is 6.01. The van der Waals surface area contributed by atoms with E-state index in [0.717, 1.165) is 22.8 Å². The molecule has 25 heavy (non-hydrogen) atoms. The molecule has 132 valence electrons. The summed E-state index contributed by atoms with van der Waals surface area (Å²) in [4.78, 5) is 14.1. The minimum absolute atomic E-state index is 0.0185. The van der Waals surface area contributed by atoms with Crippen LogP contribution in [0.5, 0.6) is 5.75 Å². The highest BCUT2D eigenvalue weighted by atomic mass is 16.5. The van der Waals surface area contributed by atoms with Crippen molar-refractivity contribution in [1.29, 1.82) is 5.41 Å². The monoisotopic (exact) mass is 341 g/mol. The molecular weight excluding hydrogens is 318 g/mol. The van der Waals surface area contributed by atoms with Crippen LogP contribution in [0.15, 0.2) is 36.4 Å². The molecule has 2 unspecified atom stereocenters. The largest absolute Gasteiger partial charge is 0.483 e. The third-order valence-electron chi connectivity index (χ3n) is 4.44. The Labute approximate surface area is 146 Å². The number of rotatable bonds is 6. The van der Waals surface area contributed by atoms with E-state index in [1.165, 1.54) is 6.21 Å². The van der Waals surface area contributed by atoms with Crippen LogP contribution in [0.2, 0.25) is 0 Å². The molecule has 3 N–H and O–H groups in total. The summed E-state index contributed by atoms with van der Waals surface area (Å²) in [6, 6.07) is 11.5. The minimum atomic E-state index is -0.574. The molecule has 2 aromatic rings. The zero-order chi connectivity index (χ0) is 17.8. The fraction of sp³-hybridized carbons (Fsp3) is 0.368. The van der Waals surface area contributed by atoms with Gasteiger partial charge in [0.15, 0.2) is 6.61 Å². The molecule has 1 fully saturated rings. The highest BCUT2D eigenvalue weighted by Crippen LogP contribution is 2.28. The number of nitrogens with zero attached hydrogens (tertiary/aromatic N) is 1. The van der Waals surface area contributed by atoms with E-state index in [9.17, 15) is 9.90 Å². The summed E-state index contributed by atoms with van der Waals surface area (Å²) < 4.78 is 5.77. The van der Waals surface area contributed by atoms with E-state index in [0.29, 0.717) is 18.8 Å². The quantitative estimate of drug-likeness (QED) is 0.552. The van der Waals surface area contributed by atoms with Gasteiger partial charge in [-0.1, -0.05) is 24.3 Å². The summed E-state index contributed by atoms with van der Waals surface area (Å²) in [5.74, 6) is 0.586. The molecule has 6 heteroatoms. The highest BCUT2D eigenvalue weighted by Gasteiger charge is 2.26. The molecule has 6 nitrogen and oxygen atoms in total. The van der Waals surface area contributed by atoms with Gasteiger partial charge >= 0.3 is 0 Å². The Morgan fingerprint density at radius 2 is 2.16 bits per heavy atom. The third kappa shape index (κ3) is 3.97. The van der Waals surface area contributed by atoms with E-state index >= 15 is 0 Å². The van der Waals surface area contributed by atoms with E-state index in [1.54, 1.807) is 17.9 Å². The lowest BCUT2D eigenvalue weighted by atomic mass is 10.0. The van der Waals surface area contributed by atoms with Gasteiger partial charge in [-0.15, -0.1) is 0 Å². The molecule has 0 radical (unpaired) electrons. The van der Waals surface area contributed by atoms with Gasteiger partial charge in [0.25, 0.3) is 5.91 Å². The SMILES string of the molecule is CC(O)NC1CCN(C(=O)COc2ccc(C=N)c3ccccc23)C1. The van der Waals surface area contributed by atoms with Crippen LogP contribution < -0.4 is 10.1 Å². The molecule has 1 aliphatic rings. The van der Waals surface area contributed by atoms with Crippen molar-refractivity contribution >= 4 is 22.9 Å². The first-order valence-corrected chi connectivity index (χ1v) is 8.45. The van der Waals surface area contributed by atoms with E-state index in [4.69, 9.17) is 10.1 Å². The van der Waals surface area contributed by atoms with Crippen LogP contribution >= 0.6 is 0 Å². The molecule has 1 heterocycles. The van der Waals surface area contributed by atoms with E-state index in [-0.39, 0.29) is 18.6 Å². The van der Waals surface area contributed by atoms with Crippen LogP contribution in [0.4, 0.5) is 0 Å². The lowest BCUT2D eigenvalue weighted by molar-refractivity contribution is -0.132. The van der Waals surface area contributed by atoms with Gasteiger partial charge in [0.05, 0.1) is 0 Å². The number of nitrogens with one attached hydrogen (secondary N) is 2. The van der Waals surface area contributed by atoms with Crippen molar-refractivity contribution in [3.05, 3.63) is 42.0 Å². The van der Waals surface area contributed by atoms with E-state index in [1.807, 2.05) is 30.3 Å². The number of hydrogen-bond donors (Lipinski definition) is 3. The van der Waals surface area contributed by atoms with Crippen molar-refractivity contribution in [2.45, 2.75) is 25.6 Å². The molecule has 0 spiro atoms. The average molecular weight is 341 g/mol. The Bertz CT molecular complexity index is 776. The second-order valence-electron chi connectivity index (χ2n) is 6.30. The summed E-state index contributed by atoms with van der Waals surface area (Å²) in [6.45, 7) is 2.91. The maximum absolute atomic E-state index is 12.4. The Morgan fingerprint density at radius 3 is 2.88 bits per heavy atom. The Balaban J connectivity index is 1.65. The summed E-state index contributed by atoms with van der Waals surface area (Å²) in [6.07, 6.45) is 1.57. The predicted molar refractivity (Wildman–Crippen MR) is 97.1 cm³/mol. The normalized spacial score (nSPS) is 18.3. The van der Waals surface area contributed by atoms with Gasteiger partial charge in [-0.3, -0.25) is 10.1 Å². The standard InChI is InChI=1S/C19H23N3O3/c1-13(23)21-15-8-9-22(11-15)19(24)12-25-18-7-6-14(10-20)16-4-2-3-5-17(16)18/h2-7,10,13,15,20-21,23H,8-9,11-12H2,1H3. The van der Waals surface area contributed by atoms with Gasteiger partial charge in [-0.05, 0) is 30.9 Å². The fourth-order valence-electron chi connectivity index (χ4n) is 3.24. The number of fused-ring (bicyclic) bond motifs is 1. The van der Waals surface area contributed by atoms with Crippen LogP contribution in [0, 0.1) is 5.41 Å². The Morgan fingerprint density at radius 1 is 1.40 bits per heavy atom. The second kappa shape index (κ2) is 7.63. The van der Waals surface area contributed by atoms with E-state index < -0.39 is 6.23 Å². The summed E-state index contributed by atoms with van der Waals surface area (Å²) >= 11 is 0. The molecule has 0 bridgehead atoms. The lowest BCUT2D eigenvalue weighted by Crippen LogP contribution is -2.40. The maximum atomic E-state index is 12.4. The number of benzene rings is 2. The van der Waals surface area contributed by atoms with Gasteiger partial charge in [0.2, 0.25) is 0 Å². The average Bonchev–Trinajstić information content (AvgIpc) is 3.07. The van der Waals surface area contributed by atoms with Crippen molar-refractivity contribution in [3.8, 4) is 5.75 Å². The molecule has 1 saturated heterocycles. The van der Waals surface area contributed by atoms with Crippen LogP contribution in [0.25, 0.3) is 10.8 Å². The van der Waals surface area contributed by atoms with Crippen molar-refractivity contribution in [2.75, 3.05) is 19.7 Å². The predicted octanol–water partition coefficient (Wildman–Crippen LogP) is 1.75. The van der Waals surface area contributed by atoms with Gasteiger partial charge < -0.3 is 20.2 Å². The number of carbonyl (C=O) groups is 1. The molecule has 3 rings (SSSR count). The van der Waals surface area contributed by atoms with Crippen LogP contribution in [-0.4, -0.2) is 54.1 Å². The Hall–Kier alpha value is -2.44. The fourth-order valence-corrected chi connectivity index (χ4v) is 3.24. The number of hydrogen-bond acceptors (Lipinski definition) is 5. The third-order valence-corrected chi connectivity index (χ3v) is 4.44. The van der Waals surface area contributed by atoms with Gasteiger partial charge in [0, 0.05) is 36.3 Å². The number of amides is 1. The molecule has 2 aromatic carbocycles. The summed E-state index contributed by atoms with van der Waals surface area (Å²) in [5.41, 5.74) is 0.820. The molecular formula is C19H23N3O3. The molecule has 0 saturated carbocycles. The molecule has 1 amide bonds. The Kier molecular flexibility index (Phi) is 5.31. The minimum Gasteiger partial charge on any atom is -0.483 e. The number of aliphatic hydroxyl groups is 1. The topological polar surface area (TPSA) is 85.7 Å².